The van der Waals surface area contributed by atoms with E-state index in [0.29, 0.717) is 0 Å². The fourth-order valence-electron chi connectivity index (χ4n) is 2.34. The van der Waals surface area contributed by atoms with Crippen LogP contribution in [0.3, 0.4) is 0 Å². The molecular weight excluding hydrogens is 165 g/mol. The van der Waals surface area contributed by atoms with Crippen molar-refractivity contribution >= 4 is 0 Å². The van der Waals surface area contributed by atoms with Crippen molar-refractivity contribution in [2.45, 2.75) is 51.6 Å². The molecule has 0 amide bonds. The van der Waals surface area contributed by atoms with Crippen molar-refractivity contribution in [3.05, 3.63) is 0 Å². The van der Waals surface area contributed by atoms with Gasteiger partial charge in [-0.3, -0.25) is 0 Å². The molecule has 1 nitrogen and oxygen atoms in total. The van der Waals surface area contributed by atoms with Gasteiger partial charge in [-0.05, 0) is 31.6 Å². The molecule has 78 valence electrons. The number of hydrogen-bond donors (Lipinski definition) is 1. The average Bonchev–Trinajstić information content (AvgIpc) is 2.18. The molecule has 0 spiro atoms. The van der Waals surface area contributed by atoms with E-state index in [1.165, 1.54) is 19.3 Å². The minimum atomic E-state index is -1.13. The second-order valence-electron chi connectivity index (χ2n) is 4.61. The van der Waals surface area contributed by atoms with Crippen molar-refractivity contribution in [2.75, 3.05) is 6.54 Å². The molecule has 0 aromatic carbocycles. The first-order valence-electron chi connectivity index (χ1n) is 5.49. The lowest BCUT2D eigenvalue weighted by molar-refractivity contribution is 0.0699. The molecule has 2 heteroatoms. The molecule has 13 heavy (non-hydrogen) atoms. The lowest BCUT2D eigenvalue weighted by Gasteiger charge is -2.35. The van der Waals surface area contributed by atoms with Crippen LogP contribution < -0.4 is 5.73 Å². The summed E-state index contributed by atoms with van der Waals surface area (Å²) in [7, 11) is 0. The van der Waals surface area contributed by atoms with Crippen LogP contribution in [0.1, 0.15) is 46.0 Å². The van der Waals surface area contributed by atoms with Crippen LogP contribution in [-0.4, -0.2) is 12.2 Å². The number of alkyl halides is 1. The standard InChI is InChI=1S/C11H22FN/c1-3-9-4-6-10(7-5-9)11(2,12)8-13/h9-10H,3-8,13H2,1-2H3. The molecule has 0 aromatic heterocycles. The van der Waals surface area contributed by atoms with Gasteiger partial charge in [-0.25, -0.2) is 4.39 Å². The Morgan fingerprint density at radius 2 is 1.85 bits per heavy atom. The van der Waals surface area contributed by atoms with E-state index in [1.807, 2.05) is 0 Å². The van der Waals surface area contributed by atoms with Gasteiger partial charge >= 0.3 is 0 Å². The SMILES string of the molecule is CCC1CCC(C(C)(F)CN)CC1. The van der Waals surface area contributed by atoms with Crippen molar-refractivity contribution in [1.82, 2.24) is 0 Å². The molecule has 1 rings (SSSR count). The molecule has 0 bridgehead atoms. The normalized spacial score (nSPS) is 34.2. The van der Waals surface area contributed by atoms with Gasteiger partial charge in [0.2, 0.25) is 0 Å². The predicted octanol–water partition coefficient (Wildman–Crippen LogP) is 2.89. The third kappa shape index (κ3) is 2.67. The predicted molar refractivity (Wildman–Crippen MR) is 54.3 cm³/mol. The fourth-order valence-corrected chi connectivity index (χ4v) is 2.34. The molecule has 0 aromatic rings. The van der Waals surface area contributed by atoms with Gasteiger partial charge in [-0.15, -0.1) is 0 Å². The summed E-state index contributed by atoms with van der Waals surface area (Å²) in [5.74, 6) is 1.05. The average molecular weight is 187 g/mol. The van der Waals surface area contributed by atoms with Crippen LogP contribution in [0, 0.1) is 11.8 Å². The Bertz CT molecular complexity index is 148. The molecule has 0 radical (unpaired) electrons. The summed E-state index contributed by atoms with van der Waals surface area (Å²) < 4.78 is 13.8. The van der Waals surface area contributed by atoms with E-state index in [-0.39, 0.29) is 12.5 Å². The minimum Gasteiger partial charge on any atom is -0.328 e. The maximum atomic E-state index is 13.8. The van der Waals surface area contributed by atoms with E-state index in [0.717, 1.165) is 18.8 Å². The van der Waals surface area contributed by atoms with Gasteiger partial charge in [0.05, 0.1) is 0 Å². The summed E-state index contributed by atoms with van der Waals surface area (Å²) in [6.07, 6.45) is 5.70. The van der Waals surface area contributed by atoms with Crippen LogP contribution >= 0.6 is 0 Å². The Morgan fingerprint density at radius 3 is 2.23 bits per heavy atom. The summed E-state index contributed by atoms with van der Waals surface area (Å²) in [4.78, 5) is 0. The van der Waals surface area contributed by atoms with Crippen molar-refractivity contribution in [2.24, 2.45) is 17.6 Å². The molecule has 1 fully saturated rings. The topological polar surface area (TPSA) is 26.0 Å². The Balaban J connectivity index is 2.40. The maximum Gasteiger partial charge on any atom is 0.123 e. The molecule has 1 saturated carbocycles. The quantitative estimate of drug-likeness (QED) is 0.722. The highest BCUT2D eigenvalue weighted by Crippen LogP contribution is 2.37. The molecule has 1 atom stereocenters. The smallest absolute Gasteiger partial charge is 0.123 e. The Labute approximate surface area is 80.9 Å². The van der Waals surface area contributed by atoms with Crippen molar-refractivity contribution in [1.29, 1.82) is 0 Å². The van der Waals surface area contributed by atoms with Gasteiger partial charge in [0, 0.05) is 6.54 Å². The van der Waals surface area contributed by atoms with Gasteiger partial charge in [0.25, 0.3) is 0 Å². The molecule has 2 N–H and O–H groups in total. The Hall–Kier alpha value is -0.110. The fraction of sp³-hybridized carbons (Fsp3) is 1.00. The Kier molecular flexibility index (Phi) is 3.72. The highest BCUT2D eigenvalue weighted by molar-refractivity contribution is 4.87. The number of rotatable bonds is 3. The van der Waals surface area contributed by atoms with Crippen LogP contribution in [0.25, 0.3) is 0 Å². The van der Waals surface area contributed by atoms with Crippen LogP contribution in [0.4, 0.5) is 4.39 Å². The van der Waals surface area contributed by atoms with Gasteiger partial charge in [0.1, 0.15) is 5.67 Å². The zero-order valence-electron chi connectivity index (χ0n) is 8.85. The van der Waals surface area contributed by atoms with Gasteiger partial charge < -0.3 is 5.73 Å². The van der Waals surface area contributed by atoms with Crippen molar-refractivity contribution < 1.29 is 4.39 Å². The molecule has 0 aliphatic heterocycles. The molecule has 1 aliphatic rings. The zero-order valence-corrected chi connectivity index (χ0v) is 8.85. The van der Waals surface area contributed by atoms with E-state index >= 15 is 0 Å². The second-order valence-corrected chi connectivity index (χ2v) is 4.61. The van der Waals surface area contributed by atoms with Crippen LogP contribution in [0.15, 0.2) is 0 Å². The summed E-state index contributed by atoms with van der Waals surface area (Å²) in [5, 5.41) is 0. The molecular formula is C11H22FN. The molecule has 0 saturated heterocycles. The number of halogens is 1. The first kappa shape index (κ1) is 11.0. The summed E-state index contributed by atoms with van der Waals surface area (Å²) in [6.45, 7) is 4.06. The van der Waals surface area contributed by atoms with E-state index in [1.54, 1.807) is 6.92 Å². The van der Waals surface area contributed by atoms with Crippen LogP contribution in [0.5, 0.6) is 0 Å². The molecule has 1 aliphatic carbocycles. The van der Waals surface area contributed by atoms with E-state index < -0.39 is 5.67 Å². The minimum absolute atomic E-state index is 0.175. The maximum absolute atomic E-state index is 13.8. The zero-order chi connectivity index (χ0) is 9.90. The largest absolute Gasteiger partial charge is 0.328 e. The van der Waals surface area contributed by atoms with Crippen LogP contribution in [-0.2, 0) is 0 Å². The van der Waals surface area contributed by atoms with Crippen LogP contribution in [0.2, 0.25) is 0 Å². The lowest BCUT2D eigenvalue weighted by Crippen LogP contribution is -2.39. The van der Waals surface area contributed by atoms with Crippen molar-refractivity contribution in [3.63, 3.8) is 0 Å². The monoisotopic (exact) mass is 187 g/mol. The van der Waals surface area contributed by atoms with E-state index in [2.05, 4.69) is 6.92 Å². The van der Waals surface area contributed by atoms with Crippen molar-refractivity contribution in [3.8, 4) is 0 Å². The first-order chi connectivity index (χ1) is 6.10. The number of hydrogen-bond acceptors (Lipinski definition) is 1. The molecule has 0 heterocycles. The van der Waals surface area contributed by atoms with E-state index in [9.17, 15) is 4.39 Å². The summed E-state index contributed by atoms with van der Waals surface area (Å²) in [5.41, 5.74) is 4.30. The second kappa shape index (κ2) is 4.41. The highest BCUT2D eigenvalue weighted by atomic mass is 19.1. The highest BCUT2D eigenvalue weighted by Gasteiger charge is 2.35. The first-order valence-corrected chi connectivity index (χ1v) is 5.49. The van der Waals surface area contributed by atoms with Gasteiger partial charge in [0.15, 0.2) is 0 Å². The third-order valence-corrected chi connectivity index (χ3v) is 3.67. The lowest BCUT2D eigenvalue weighted by atomic mass is 9.74. The van der Waals surface area contributed by atoms with Gasteiger partial charge in [-0.1, -0.05) is 26.2 Å². The Morgan fingerprint density at radius 1 is 1.31 bits per heavy atom. The summed E-state index contributed by atoms with van der Waals surface area (Å²) in [6, 6.07) is 0. The summed E-state index contributed by atoms with van der Waals surface area (Å²) >= 11 is 0. The third-order valence-electron chi connectivity index (χ3n) is 3.67. The van der Waals surface area contributed by atoms with E-state index in [4.69, 9.17) is 5.73 Å². The number of nitrogens with two attached hydrogens (primary N) is 1. The molecule has 1 unspecified atom stereocenters. The van der Waals surface area contributed by atoms with Gasteiger partial charge in [-0.2, -0.15) is 0 Å².